The Balaban J connectivity index is 1.48. The number of fused-ring (bicyclic) bond motifs is 2. The Hall–Kier alpha value is -2.34. The van der Waals surface area contributed by atoms with Crippen molar-refractivity contribution in [1.82, 2.24) is 15.6 Å². The van der Waals surface area contributed by atoms with Gasteiger partial charge in [0.05, 0.1) is 6.20 Å². The Morgan fingerprint density at radius 3 is 3.05 bits per heavy atom. The second-order valence-corrected chi connectivity index (χ2v) is 6.01. The molecule has 2 bridgehead atoms. The van der Waals surface area contributed by atoms with E-state index in [1.807, 2.05) is 0 Å². The zero-order chi connectivity index (χ0) is 15.1. The Bertz CT molecular complexity index is 712. The van der Waals surface area contributed by atoms with E-state index in [1.165, 1.54) is 6.20 Å². The van der Waals surface area contributed by atoms with Crippen LogP contribution in [-0.2, 0) is 0 Å². The summed E-state index contributed by atoms with van der Waals surface area (Å²) in [5.74, 6) is 1.05. The predicted octanol–water partition coefficient (Wildman–Crippen LogP) is 1.53. The van der Waals surface area contributed by atoms with Crippen molar-refractivity contribution < 1.29 is 14.3 Å². The summed E-state index contributed by atoms with van der Waals surface area (Å²) in [6.07, 6.45) is 3.65. The zero-order valence-electron chi connectivity index (χ0n) is 12.0. The second-order valence-electron chi connectivity index (χ2n) is 6.01. The highest BCUT2D eigenvalue weighted by Crippen LogP contribution is 2.31. The molecular formula is C16H17N3O3. The van der Waals surface area contributed by atoms with E-state index in [0.29, 0.717) is 23.3 Å². The first-order chi connectivity index (χ1) is 10.7. The largest absolute Gasteiger partial charge is 0.508 e. The number of aromatic nitrogens is 1. The van der Waals surface area contributed by atoms with E-state index in [2.05, 4.69) is 15.6 Å². The molecule has 0 spiro atoms. The highest BCUT2D eigenvalue weighted by Gasteiger charge is 2.40. The molecule has 1 aromatic carbocycles. The molecule has 2 fully saturated rings. The van der Waals surface area contributed by atoms with E-state index >= 15 is 0 Å². The lowest BCUT2D eigenvalue weighted by atomic mass is 10.1. The van der Waals surface area contributed by atoms with E-state index < -0.39 is 0 Å². The van der Waals surface area contributed by atoms with E-state index in [1.54, 1.807) is 24.3 Å². The molecule has 2 aliphatic rings. The minimum absolute atomic E-state index is 0.0566. The van der Waals surface area contributed by atoms with Crippen molar-refractivity contribution in [2.45, 2.75) is 24.9 Å². The van der Waals surface area contributed by atoms with Crippen LogP contribution in [0.5, 0.6) is 5.75 Å². The fourth-order valence-electron chi connectivity index (χ4n) is 3.41. The van der Waals surface area contributed by atoms with Crippen molar-refractivity contribution in [2.75, 3.05) is 6.54 Å². The van der Waals surface area contributed by atoms with Crippen molar-refractivity contribution in [1.29, 1.82) is 0 Å². The Morgan fingerprint density at radius 1 is 1.41 bits per heavy atom. The maximum atomic E-state index is 12.2. The number of rotatable bonds is 3. The Labute approximate surface area is 127 Å². The molecule has 22 heavy (non-hydrogen) atoms. The molecule has 1 saturated heterocycles. The van der Waals surface area contributed by atoms with Crippen LogP contribution in [-0.4, -0.2) is 34.6 Å². The molecule has 3 unspecified atom stereocenters. The van der Waals surface area contributed by atoms with E-state index in [4.69, 9.17) is 4.42 Å². The van der Waals surface area contributed by atoms with Crippen LogP contribution in [0.1, 0.15) is 23.5 Å². The number of phenols is 1. The minimum atomic E-state index is -0.286. The summed E-state index contributed by atoms with van der Waals surface area (Å²) in [5.41, 5.74) is 0.688. The van der Waals surface area contributed by atoms with Gasteiger partial charge < -0.3 is 20.2 Å². The molecule has 2 aromatic rings. The van der Waals surface area contributed by atoms with Crippen LogP contribution in [0.3, 0.4) is 0 Å². The number of hydrogen-bond donors (Lipinski definition) is 3. The van der Waals surface area contributed by atoms with Crippen molar-refractivity contribution >= 4 is 5.91 Å². The van der Waals surface area contributed by atoms with Gasteiger partial charge in [-0.3, -0.25) is 4.79 Å². The van der Waals surface area contributed by atoms with Crippen molar-refractivity contribution in [2.24, 2.45) is 5.92 Å². The number of carbonyl (C=O) groups excluding carboxylic acids is 1. The number of piperidine rings is 1. The number of nitrogens with one attached hydrogen (secondary N) is 2. The molecule has 6 nitrogen and oxygen atoms in total. The number of oxazole rings is 1. The normalized spacial score (nSPS) is 26.3. The van der Waals surface area contributed by atoms with Crippen LogP contribution < -0.4 is 10.6 Å². The van der Waals surface area contributed by atoms with Gasteiger partial charge in [0, 0.05) is 17.6 Å². The fourth-order valence-corrected chi connectivity index (χ4v) is 3.41. The van der Waals surface area contributed by atoms with Crippen LogP contribution in [0.4, 0.5) is 0 Å². The number of nitrogens with zero attached hydrogens (tertiary/aromatic N) is 1. The van der Waals surface area contributed by atoms with Gasteiger partial charge >= 0.3 is 5.91 Å². The number of hydrogen-bond acceptors (Lipinski definition) is 5. The highest BCUT2D eigenvalue weighted by molar-refractivity contribution is 5.90. The topological polar surface area (TPSA) is 87.4 Å². The van der Waals surface area contributed by atoms with E-state index in [-0.39, 0.29) is 23.6 Å². The summed E-state index contributed by atoms with van der Waals surface area (Å²) >= 11 is 0. The quantitative estimate of drug-likeness (QED) is 0.800. The minimum Gasteiger partial charge on any atom is -0.508 e. The second kappa shape index (κ2) is 5.14. The average Bonchev–Trinajstić information content (AvgIpc) is 3.23. The van der Waals surface area contributed by atoms with Crippen molar-refractivity contribution in [3.63, 3.8) is 0 Å². The van der Waals surface area contributed by atoms with Crippen LogP contribution in [0.2, 0.25) is 0 Å². The molecule has 1 aromatic heterocycles. The first-order valence-corrected chi connectivity index (χ1v) is 7.48. The number of phenolic OH excluding ortho intramolecular Hbond substituents is 1. The lowest BCUT2D eigenvalue weighted by Gasteiger charge is -2.23. The third-order valence-electron chi connectivity index (χ3n) is 4.48. The molecule has 114 valence electrons. The lowest BCUT2D eigenvalue weighted by molar-refractivity contribution is 0.0894. The summed E-state index contributed by atoms with van der Waals surface area (Å²) in [7, 11) is 0. The van der Waals surface area contributed by atoms with Gasteiger partial charge in [-0.25, -0.2) is 4.98 Å². The maximum Gasteiger partial charge on any atom is 0.307 e. The smallest absolute Gasteiger partial charge is 0.307 e. The zero-order valence-corrected chi connectivity index (χ0v) is 12.0. The van der Waals surface area contributed by atoms with Crippen LogP contribution >= 0.6 is 0 Å². The summed E-state index contributed by atoms with van der Waals surface area (Å²) < 4.78 is 5.52. The first-order valence-electron chi connectivity index (χ1n) is 7.48. The fraction of sp³-hybridized carbons (Fsp3) is 0.375. The summed E-state index contributed by atoms with van der Waals surface area (Å²) in [5, 5.41) is 15.9. The van der Waals surface area contributed by atoms with Gasteiger partial charge in [0.2, 0.25) is 0 Å². The van der Waals surface area contributed by atoms with Gasteiger partial charge in [-0.1, -0.05) is 12.1 Å². The number of benzene rings is 1. The monoisotopic (exact) mass is 299 g/mol. The Morgan fingerprint density at radius 2 is 2.32 bits per heavy atom. The third kappa shape index (κ3) is 2.35. The molecule has 2 heterocycles. The number of aromatic hydroxyl groups is 1. The number of carbonyl (C=O) groups is 1. The van der Waals surface area contributed by atoms with Crippen LogP contribution in [0.25, 0.3) is 11.3 Å². The number of amides is 1. The standard InChI is InChI=1S/C16H17N3O3/c20-11-3-1-2-10(6-11)14-8-18-16(22-14)15(21)19-13-5-9-4-12(13)17-7-9/h1-3,6,8-9,12-13,17,20H,4-5,7H2,(H,19,21). The van der Waals surface area contributed by atoms with Gasteiger partial charge in [0.15, 0.2) is 5.76 Å². The average molecular weight is 299 g/mol. The lowest BCUT2D eigenvalue weighted by Crippen LogP contribution is -2.48. The summed E-state index contributed by atoms with van der Waals surface area (Å²) in [6, 6.07) is 7.18. The molecule has 0 radical (unpaired) electrons. The molecule has 3 N–H and O–H groups in total. The van der Waals surface area contributed by atoms with E-state index in [9.17, 15) is 9.90 Å². The van der Waals surface area contributed by atoms with Gasteiger partial charge in [0.1, 0.15) is 5.75 Å². The molecular weight excluding hydrogens is 282 g/mol. The van der Waals surface area contributed by atoms with Crippen LogP contribution in [0.15, 0.2) is 34.9 Å². The molecule has 1 amide bonds. The molecule has 1 aliphatic carbocycles. The van der Waals surface area contributed by atoms with Gasteiger partial charge in [-0.15, -0.1) is 0 Å². The van der Waals surface area contributed by atoms with Gasteiger partial charge in [0.25, 0.3) is 5.89 Å². The maximum absolute atomic E-state index is 12.2. The van der Waals surface area contributed by atoms with Crippen molar-refractivity contribution in [3.05, 3.63) is 36.4 Å². The first kappa shape index (κ1) is 13.3. The summed E-state index contributed by atoms with van der Waals surface area (Å²) in [6.45, 7) is 1.05. The highest BCUT2D eigenvalue weighted by atomic mass is 16.4. The summed E-state index contributed by atoms with van der Waals surface area (Å²) in [4.78, 5) is 16.3. The third-order valence-corrected chi connectivity index (χ3v) is 4.48. The van der Waals surface area contributed by atoms with Gasteiger partial charge in [-0.2, -0.15) is 0 Å². The SMILES string of the molecule is O=C(NC1CC2CNC1C2)c1ncc(-c2cccc(O)c2)o1. The molecule has 1 saturated carbocycles. The molecule has 3 atom stereocenters. The molecule has 1 aliphatic heterocycles. The van der Waals surface area contributed by atoms with Crippen LogP contribution in [0, 0.1) is 5.92 Å². The molecule has 4 rings (SSSR count). The van der Waals surface area contributed by atoms with Gasteiger partial charge in [-0.05, 0) is 37.4 Å². The molecule has 6 heteroatoms. The van der Waals surface area contributed by atoms with E-state index in [0.717, 1.165) is 19.4 Å². The predicted molar refractivity (Wildman–Crippen MR) is 79.4 cm³/mol. The Kier molecular flexibility index (Phi) is 3.11. The van der Waals surface area contributed by atoms with Crippen molar-refractivity contribution in [3.8, 4) is 17.1 Å².